The van der Waals surface area contributed by atoms with Crippen molar-refractivity contribution in [3.8, 4) is 0 Å². The minimum atomic E-state index is -4.12. The Balaban J connectivity index is 0. The van der Waals surface area contributed by atoms with Gasteiger partial charge in [-0.3, -0.25) is 4.57 Å². The Morgan fingerprint density at radius 1 is 0.875 bits per heavy atom. The highest BCUT2D eigenvalue weighted by Gasteiger charge is 2.20. The van der Waals surface area contributed by atoms with Crippen molar-refractivity contribution in [2.24, 2.45) is 0 Å². The molecule has 24 heavy (non-hydrogen) atoms. The Labute approximate surface area is 146 Å². The Morgan fingerprint density at radius 2 is 1.29 bits per heavy atom. The first kappa shape index (κ1) is 26.2. The predicted molar refractivity (Wildman–Crippen MR) is 90.6 cm³/mol. The number of ether oxygens (including phenoxy) is 3. The molecule has 0 saturated carbocycles. The number of hydrogen-bond acceptors (Lipinski definition) is 7. The zero-order valence-electron chi connectivity index (χ0n) is 15.9. The molecular weight excluding hydrogens is 337 g/mol. The lowest BCUT2D eigenvalue weighted by atomic mass is 9.92. The van der Waals surface area contributed by atoms with Crippen LogP contribution < -0.4 is 10.6 Å². The summed E-state index contributed by atoms with van der Waals surface area (Å²) in [5.41, 5.74) is 4.50. The van der Waals surface area contributed by atoms with Crippen molar-refractivity contribution in [3.63, 3.8) is 0 Å². The Bertz CT molecular complexity index is 306. The van der Waals surface area contributed by atoms with Gasteiger partial charge in [-0.15, -0.1) is 0 Å². The van der Waals surface area contributed by atoms with Crippen LogP contribution >= 0.6 is 7.82 Å². The summed E-state index contributed by atoms with van der Waals surface area (Å²) in [5, 5.41) is 0. The van der Waals surface area contributed by atoms with Gasteiger partial charge in [-0.2, -0.15) is 0 Å². The third kappa shape index (κ3) is 16.8. The highest BCUT2D eigenvalue weighted by Crippen LogP contribution is 2.36. The summed E-state index contributed by atoms with van der Waals surface area (Å²) in [7, 11) is -1.49. The van der Waals surface area contributed by atoms with Gasteiger partial charge in [0.1, 0.15) is 0 Å². The molecule has 0 aliphatic carbocycles. The number of phosphoric ester groups is 1. The molecule has 1 unspecified atom stereocenters. The van der Waals surface area contributed by atoms with Crippen molar-refractivity contribution in [2.45, 2.75) is 45.6 Å². The van der Waals surface area contributed by atoms with E-state index in [1.54, 1.807) is 7.11 Å². The normalized spacial score (nSPS) is 14.0. The molecule has 0 rings (SSSR count). The Hall–Kier alpha value is -0.0500. The van der Waals surface area contributed by atoms with E-state index in [0.717, 1.165) is 7.11 Å². The van der Waals surface area contributed by atoms with Gasteiger partial charge in [-0.1, -0.05) is 20.8 Å². The standard InChI is InChI=1S/C8H19O7P.C7H17N/c1-11-3-4-13-5-6-14-7-8-15-16(9,10)12-2;1-4-7(8,5-2)6-3/h3-8H2,1-2H3,(H,9,10);4-6,8H2,1-3H3. The van der Waals surface area contributed by atoms with Crippen LogP contribution in [0.4, 0.5) is 0 Å². The van der Waals surface area contributed by atoms with Crippen LogP contribution in [-0.4, -0.2) is 59.4 Å². The monoisotopic (exact) mass is 373 g/mol. The number of methoxy groups -OCH3 is 1. The molecule has 8 nitrogen and oxygen atoms in total. The maximum absolute atomic E-state index is 10.7. The predicted octanol–water partition coefficient (Wildman–Crippen LogP) is 0.995. The lowest BCUT2D eigenvalue weighted by Crippen LogP contribution is -2.71. The van der Waals surface area contributed by atoms with E-state index in [2.05, 4.69) is 35.6 Å². The second kappa shape index (κ2) is 16.4. The van der Waals surface area contributed by atoms with Crippen molar-refractivity contribution >= 4 is 7.82 Å². The van der Waals surface area contributed by atoms with E-state index in [-0.39, 0.29) is 13.2 Å². The molecular formula is C15H36NO7P. The smallest absolute Gasteiger partial charge is 0.267 e. The number of rotatable bonds is 14. The highest BCUT2D eigenvalue weighted by atomic mass is 31.2. The van der Waals surface area contributed by atoms with Gasteiger partial charge in [0, 0.05) is 14.2 Å². The quantitative estimate of drug-likeness (QED) is 0.357. The van der Waals surface area contributed by atoms with Gasteiger partial charge >= 0.3 is 0 Å². The molecule has 9 heteroatoms. The average molecular weight is 373 g/mol. The molecule has 148 valence electrons. The molecule has 0 aromatic rings. The Morgan fingerprint density at radius 3 is 1.62 bits per heavy atom. The third-order valence-electron chi connectivity index (χ3n) is 3.75. The number of quaternary nitrogens is 1. The summed E-state index contributed by atoms with van der Waals surface area (Å²) in [4.78, 5) is 10.7. The highest BCUT2D eigenvalue weighted by molar-refractivity contribution is 7.45. The summed E-state index contributed by atoms with van der Waals surface area (Å²) in [6, 6.07) is 0. The molecule has 0 amide bonds. The Kier molecular flexibility index (Phi) is 17.9. The van der Waals surface area contributed by atoms with Crippen LogP contribution in [0.1, 0.15) is 40.0 Å². The first-order valence-electron chi connectivity index (χ1n) is 8.31. The lowest BCUT2D eigenvalue weighted by Gasteiger charge is -2.19. The molecule has 0 spiro atoms. The van der Waals surface area contributed by atoms with Crippen molar-refractivity contribution in [1.82, 2.24) is 0 Å². The van der Waals surface area contributed by atoms with Crippen LogP contribution in [-0.2, 0) is 27.8 Å². The first-order valence-corrected chi connectivity index (χ1v) is 9.77. The maximum Gasteiger partial charge on any atom is 0.267 e. The van der Waals surface area contributed by atoms with Gasteiger partial charge in [0.2, 0.25) is 0 Å². The van der Waals surface area contributed by atoms with Gasteiger partial charge in [0.25, 0.3) is 7.82 Å². The first-order chi connectivity index (χ1) is 11.3. The van der Waals surface area contributed by atoms with E-state index in [9.17, 15) is 9.46 Å². The van der Waals surface area contributed by atoms with Crippen molar-refractivity contribution < 1.29 is 38.5 Å². The third-order valence-corrected chi connectivity index (χ3v) is 4.70. The minimum Gasteiger partial charge on any atom is -0.756 e. The molecule has 3 N–H and O–H groups in total. The van der Waals surface area contributed by atoms with E-state index < -0.39 is 7.82 Å². The molecule has 0 aromatic carbocycles. The minimum absolute atomic E-state index is 0.0628. The fourth-order valence-electron chi connectivity index (χ4n) is 1.47. The molecule has 0 saturated heterocycles. The zero-order chi connectivity index (χ0) is 18.9. The van der Waals surface area contributed by atoms with Crippen molar-refractivity contribution in [3.05, 3.63) is 0 Å². The van der Waals surface area contributed by atoms with E-state index in [1.807, 2.05) is 0 Å². The topological polar surface area (TPSA) is 114 Å². The summed E-state index contributed by atoms with van der Waals surface area (Å²) in [6.45, 7) is 8.59. The van der Waals surface area contributed by atoms with Crippen LogP contribution in [0.3, 0.4) is 0 Å². The van der Waals surface area contributed by atoms with Gasteiger partial charge in [0.15, 0.2) is 0 Å². The van der Waals surface area contributed by atoms with E-state index >= 15 is 0 Å². The molecule has 0 bridgehead atoms. The molecule has 1 atom stereocenters. The molecule has 0 radical (unpaired) electrons. The summed E-state index contributed by atoms with van der Waals surface area (Å²) >= 11 is 0. The van der Waals surface area contributed by atoms with E-state index in [0.29, 0.717) is 32.0 Å². The van der Waals surface area contributed by atoms with Crippen LogP contribution in [0, 0.1) is 0 Å². The fraction of sp³-hybridized carbons (Fsp3) is 1.00. The second-order valence-corrected chi connectivity index (χ2v) is 6.76. The molecule has 0 aliphatic heterocycles. The van der Waals surface area contributed by atoms with Gasteiger partial charge in [-0.25, -0.2) is 0 Å². The van der Waals surface area contributed by atoms with E-state index in [4.69, 9.17) is 14.2 Å². The van der Waals surface area contributed by atoms with E-state index in [1.165, 1.54) is 19.3 Å². The molecule has 0 aromatic heterocycles. The largest absolute Gasteiger partial charge is 0.756 e. The van der Waals surface area contributed by atoms with Crippen molar-refractivity contribution in [1.29, 1.82) is 0 Å². The van der Waals surface area contributed by atoms with Crippen LogP contribution in [0.25, 0.3) is 0 Å². The van der Waals surface area contributed by atoms with Crippen molar-refractivity contribution in [2.75, 3.05) is 53.9 Å². The van der Waals surface area contributed by atoms with Crippen LogP contribution in [0.5, 0.6) is 0 Å². The molecule has 0 fully saturated rings. The zero-order valence-corrected chi connectivity index (χ0v) is 16.8. The number of phosphoric acid groups is 1. The van der Waals surface area contributed by atoms with Crippen LogP contribution in [0.15, 0.2) is 0 Å². The van der Waals surface area contributed by atoms with Gasteiger partial charge in [0.05, 0.1) is 45.2 Å². The summed E-state index contributed by atoms with van der Waals surface area (Å²) in [6.07, 6.45) is 3.63. The maximum atomic E-state index is 10.7. The SMILES string of the molecule is CCC([NH3+])(CC)CC.COCCOCCOCCOP(=O)([O-])OC. The summed E-state index contributed by atoms with van der Waals surface area (Å²) < 4.78 is 34.1. The summed E-state index contributed by atoms with van der Waals surface area (Å²) in [5.74, 6) is 0. The second-order valence-electron chi connectivity index (χ2n) is 5.24. The van der Waals surface area contributed by atoms with Gasteiger partial charge < -0.3 is 33.9 Å². The average Bonchev–Trinajstić information content (AvgIpc) is 2.60. The van der Waals surface area contributed by atoms with Gasteiger partial charge in [-0.05, 0) is 19.3 Å². The molecule has 0 aliphatic rings. The molecule has 0 heterocycles. The lowest BCUT2D eigenvalue weighted by molar-refractivity contribution is -0.480. The van der Waals surface area contributed by atoms with Crippen LogP contribution in [0.2, 0.25) is 0 Å². The fourth-order valence-corrected chi connectivity index (χ4v) is 1.88. The number of hydrogen-bond donors (Lipinski definition) is 1.